The maximum absolute atomic E-state index is 11.6. The highest BCUT2D eigenvalue weighted by Crippen LogP contribution is 2.25. The van der Waals surface area contributed by atoms with Gasteiger partial charge in [0.25, 0.3) is 0 Å². The van der Waals surface area contributed by atoms with Gasteiger partial charge in [0.05, 0.1) is 11.3 Å². The van der Waals surface area contributed by atoms with E-state index in [4.69, 9.17) is 0 Å². The van der Waals surface area contributed by atoms with Gasteiger partial charge < -0.3 is 0 Å². The molecule has 12 heavy (non-hydrogen) atoms. The Labute approximate surface area is 71.2 Å². The van der Waals surface area contributed by atoms with E-state index in [1.54, 1.807) is 0 Å². The Morgan fingerprint density at radius 3 is 3.08 bits per heavy atom. The first-order chi connectivity index (χ1) is 5.70. The summed E-state index contributed by atoms with van der Waals surface area (Å²) in [4.78, 5) is 11.6. The van der Waals surface area contributed by atoms with Gasteiger partial charge in [-0.25, -0.2) is 0 Å². The Hall–Kier alpha value is -1.12. The van der Waals surface area contributed by atoms with E-state index in [1.807, 2.05) is 13.8 Å². The van der Waals surface area contributed by atoms with E-state index >= 15 is 0 Å². The van der Waals surface area contributed by atoms with Gasteiger partial charge in [-0.05, 0) is 19.8 Å². The molecule has 2 rings (SSSR count). The van der Waals surface area contributed by atoms with E-state index in [-0.39, 0.29) is 11.7 Å². The van der Waals surface area contributed by atoms with Crippen molar-refractivity contribution in [3.05, 3.63) is 17.0 Å². The summed E-state index contributed by atoms with van der Waals surface area (Å²) in [5.41, 5.74) is 2.71. The average Bonchev–Trinajstić information content (AvgIpc) is 2.41. The number of rotatable bonds is 0. The summed E-state index contributed by atoms with van der Waals surface area (Å²) in [6.07, 6.45) is 1.88. The molecule has 0 amide bonds. The van der Waals surface area contributed by atoms with Gasteiger partial charge in [0.15, 0.2) is 5.78 Å². The van der Waals surface area contributed by atoms with Crippen molar-refractivity contribution in [2.75, 3.05) is 0 Å². The van der Waals surface area contributed by atoms with Gasteiger partial charge in [0, 0.05) is 11.6 Å². The molecule has 0 radical (unpaired) electrons. The fraction of sp³-hybridized carbons (Fsp3) is 0.556. The number of aryl methyl sites for hydroxylation is 2. The van der Waals surface area contributed by atoms with Crippen molar-refractivity contribution in [3.63, 3.8) is 0 Å². The third-order valence-corrected chi connectivity index (χ3v) is 2.53. The van der Waals surface area contributed by atoms with Crippen molar-refractivity contribution in [2.24, 2.45) is 5.92 Å². The van der Waals surface area contributed by atoms with E-state index in [0.29, 0.717) is 0 Å². The molecule has 1 unspecified atom stereocenters. The molecule has 0 aliphatic heterocycles. The zero-order valence-electron chi connectivity index (χ0n) is 7.35. The van der Waals surface area contributed by atoms with Crippen LogP contribution in [0, 0.1) is 12.8 Å². The van der Waals surface area contributed by atoms with Gasteiger partial charge in [0.2, 0.25) is 0 Å². The van der Waals surface area contributed by atoms with Crippen molar-refractivity contribution >= 4 is 5.78 Å². The molecule has 1 N–H and O–H groups in total. The Morgan fingerprint density at radius 1 is 1.58 bits per heavy atom. The highest BCUT2D eigenvalue weighted by atomic mass is 16.1. The molecule has 0 bridgehead atoms. The number of carbonyl (C=O) groups excluding carboxylic acids is 1. The van der Waals surface area contributed by atoms with E-state index in [2.05, 4.69) is 10.2 Å². The van der Waals surface area contributed by atoms with E-state index < -0.39 is 0 Å². The minimum atomic E-state index is 0.175. The first-order valence-electron chi connectivity index (χ1n) is 4.28. The zero-order valence-corrected chi connectivity index (χ0v) is 7.35. The average molecular weight is 164 g/mol. The van der Waals surface area contributed by atoms with Crippen LogP contribution in [0.3, 0.4) is 0 Å². The Kier molecular flexibility index (Phi) is 1.53. The summed E-state index contributed by atoms with van der Waals surface area (Å²) in [7, 11) is 0. The normalized spacial score (nSPS) is 22.5. The van der Waals surface area contributed by atoms with E-state index in [9.17, 15) is 4.79 Å². The SMILES string of the molecule is Cc1[nH]nc2c1C(=O)C(C)CC2. The van der Waals surface area contributed by atoms with Gasteiger partial charge in [-0.15, -0.1) is 0 Å². The predicted molar refractivity (Wildman–Crippen MR) is 45.1 cm³/mol. The molecule has 0 saturated heterocycles. The molecule has 64 valence electrons. The van der Waals surface area contributed by atoms with Crippen molar-refractivity contribution in [2.45, 2.75) is 26.7 Å². The van der Waals surface area contributed by atoms with Gasteiger partial charge in [0.1, 0.15) is 0 Å². The van der Waals surface area contributed by atoms with E-state index in [0.717, 1.165) is 29.8 Å². The maximum Gasteiger partial charge on any atom is 0.169 e. The van der Waals surface area contributed by atoms with Crippen molar-refractivity contribution in [1.29, 1.82) is 0 Å². The molecule has 3 nitrogen and oxygen atoms in total. The first-order valence-corrected chi connectivity index (χ1v) is 4.28. The predicted octanol–water partition coefficient (Wildman–Crippen LogP) is 1.48. The molecule has 1 atom stereocenters. The summed E-state index contributed by atoms with van der Waals surface area (Å²) < 4.78 is 0. The first kappa shape index (κ1) is 7.53. The molecule has 0 fully saturated rings. The fourth-order valence-corrected chi connectivity index (χ4v) is 1.72. The second-order valence-corrected chi connectivity index (χ2v) is 3.47. The van der Waals surface area contributed by atoms with Gasteiger partial charge in [-0.3, -0.25) is 9.89 Å². The highest BCUT2D eigenvalue weighted by Gasteiger charge is 2.27. The monoisotopic (exact) mass is 164 g/mol. The summed E-state index contributed by atoms with van der Waals surface area (Å²) in [6.45, 7) is 3.89. The number of fused-ring (bicyclic) bond motifs is 1. The molecular formula is C9H12N2O. The third-order valence-electron chi connectivity index (χ3n) is 2.53. The summed E-state index contributed by atoms with van der Waals surface area (Å²) in [5, 5.41) is 6.95. The quantitative estimate of drug-likeness (QED) is 0.631. The lowest BCUT2D eigenvalue weighted by Gasteiger charge is -2.15. The number of hydrogen-bond acceptors (Lipinski definition) is 2. The molecule has 1 aromatic heterocycles. The number of aromatic amines is 1. The number of hydrogen-bond donors (Lipinski definition) is 1. The summed E-state index contributed by atoms with van der Waals surface area (Å²) in [5.74, 6) is 0.427. The summed E-state index contributed by atoms with van der Waals surface area (Å²) in [6, 6.07) is 0. The second-order valence-electron chi connectivity index (χ2n) is 3.47. The standard InChI is InChI=1S/C9H12N2O/c1-5-3-4-7-8(9(5)12)6(2)10-11-7/h5H,3-4H2,1-2H3,(H,10,11). The number of H-pyrrole nitrogens is 1. The number of aromatic nitrogens is 2. The van der Waals surface area contributed by atoms with Gasteiger partial charge in [-0.2, -0.15) is 5.10 Å². The van der Waals surface area contributed by atoms with E-state index in [1.165, 1.54) is 0 Å². The lowest BCUT2D eigenvalue weighted by atomic mass is 9.87. The van der Waals surface area contributed by atoms with Crippen LogP contribution in [0.25, 0.3) is 0 Å². The Bertz CT molecular complexity index is 327. The topological polar surface area (TPSA) is 45.8 Å². The minimum Gasteiger partial charge on any atom is -0.294 e. The van der Waals surface area contributed by atoms with Crippen LogP contribution in [0.4, 0.5) is 0 Å². The fourth-order valence-electron chi connectivity index (χ4n) is 1.72. The second kappa shape index (κ2) is 2.44. The molecule has 0 aromatic carbocycles. The zero-order chi connectivity index (χ0) is 8.72. The van der Waals surface area contributed by atoms with Crippen LogP contribution < -0.4 is 0 Å². The van der Waals surface area contributed by atoms with Crippen LogP contribution in [0.15, 0.2) is 0 Å². The molecule has 1 heterocycles. The molecule has 0 spiro atoms. The molecule has 0 saturated carbocycles. The molecule has 1 aliphatic carbocycles. The lowest BCUT2D eigenvalue weighted by Crippen LogP contribution is -2.19. The van der Waals surface area contributed by atoms with Crippen LogP contribution in [-0.2, 0) is 6.42 Å². The van der Waals surface area contributed by atoms with Crippen LogP contribution >= 0.6 is 0 Å². The lowest BCUT2D eigenvalue weighted by molar-refractivity contribution is 0.0913. The largest absolute Gasteiger partial charge is 0.294 e. The highest BCUT2D eigenvalue weighted by molar-refractivity contribution is 6.00. The van der Waals surface area contributed by atoms with Crippen LogP contribution in [0.2, 0.25) is 0 Å². The van der Waals surface area contributed by atoms with Crippen molar-refractivity contribution in [3.8, 4) is 0 Å². The molecule has 1 aliphatic rings. The number of nitrogens with one attached hydrogen (secondary N) is 1. The molecule has 1 aromatic rings. The minimum absolute atomic E-state index is 0.175. The van der Waals surface area contributed by atoms with Gasteiger partial charge in [-0.1, -0.05) is 6.92 Å². The number of carbonyl (C=O) groups is 1. The maximum atomic E-state index is 11.6. The smallest absolute Gasteiger partial charge is 0.169 e. The van der Waals surface area contributed by atoms with Crippen molar-refractivity contribution < 1.29 is 4.79 Å². The van der Waals surface area contributed by atoms with Crippen LogP contribution in [0.5, 0.6) is 0 Å². The van der Waals surface area contributed by atoms with Crippen LogP contribution in [-0.4, -0.2) is 16.0 Å². The number of ketones is 1. The summed E-state index contributed by atoms with van der Waals surface area (Å²) >= 11 is 0. The Balaban J connectivity index is 2.53. The number of nitrogens with zero attached hydrogens (tertiary/aromatic N) is 1. The third kappa shape index (κ3) is 0.891. The van der Waals surface area contributed by atoms with Crippen molar-refractivity contribution in [1.82, 2.24) is 10.2 Å². The van der Waals surface area contributed by atoms with Gasteiger partial charge >= 0.3 is 0 Å². The molecular weight excluding hydrogens is 152 g/mol. The molecule has 3 heteroatoms. The Morgan fingerprint density at radius 2 is 2.33 bits per heavy atom. The number of Topliss-reactive ketones (excluding diaryl/α,β-unsaturated/α-hetero) is 1. The van der Waals surface area contributed by atoms with Crippen LogP contribution in [0.1, 0.15) is 35.1 Å².